The number of hydrogen-bond acceptors (Lipinski definition) is 5. The molecule has 0 N–H and O–H groups in total. The third kappa shape index (κ3) is 3.31. The molecule has 2 aromatic heterocycles. The van der Waals surface area contributed by atoms with Gasteiger partial charge in [0.2, 0.25) is 11.8 Å². The molecule has 7 nitrogen and oxygen atoms in total. The maximum absolute atomic E-state index is 12.2. The molecule has 3 heterocycles. The van der Waals surface area contributed by atoms with Crippen LogP contribution in [0.3, 0.4) is 0 Å². The first kappa shape index (κ1) is 15.6. The Balaban J connectivity index is 1.49. The molecule has 1 unspecified atom stereocenters. The van der Waals surface area contributed by atoms with E-state index >= 15 is 0 Å². The van der Waals surface area contributed by atoms with Crippen LogP contribution in [0.5, 0.6) is 0 Å². The van der Waals surface area contributed by atoms with Gasteiger partial charge in [0.1, 0.15) is 0 Å². The standard InChI is InChI=1S/C18H19N5O2/c1-22-12-15(10-19-22)23-11-14(7-8-17(23)24)18-20-16(21-25-18)9-13-5-3-2-4-6-13/h2-6,10,12,14H,7-9,11H2,1H3. The van der Waals surface area contributed by atoms with Gasteiger partial charge >= 0.3 is 0 Å². The summed E-state index contributed by atoms with van der Waals surface area (Å²) in [6.07, 6.45) is 5.38. The molecule has 1 aliphatic heterocycles. The average Bonchev–Trinajstić information content (AvgIpc) is 3.26. The molecule has 1 aromatic carbocycles. The quantitative estimate of drug-likeness (QED) is 0.730. The number of hydrogen-bond donors (Lipinski definition) is 0. The minimum absolute atomic E-state index is 0.0509. The van der Waals surface area contributed by atoms with Crippen molar-refractivity contribution in [1.29, 1.82) is 0 Å². The first-order chi connectivity index (χ1) is 12.2. The van der Waals surface area contributed by atoms with E-state index in [1.165, 1.54) is 0 Å². The Morgan fingerprint density at radius 2 is 2.12 bits per heavy atom. The molecule has 4 rings (SSSR count). The number of amides is 1. The third-order valence-electron chi connectivity index (χ3n) is 4.45. The molecule has 0 spiro atoms. The second-order valence-electron chi connectivity index (χ2n) is 6.32. The monoisotopic (exact) mass is 337 g/mol. The van der Waals surface area contributed by atoms with E-state index in [0.717, 1.165) is 17.7 Å². The number of aromatic nitrogens is 4. The number of piperidine rings is 1. The fourth-order valence-corrected chi connectivity index (χ4v) is 3.13. The summed E-state index contributed by atoms with van der Waals surface area (Å²) in [5.41, 5.74) is 1.95. The van der Waals surface area contributed by atoms with Crippen molar-refractivity contribution in [3.63, 3.8) is 0 Å². The third-order valence-corrected chi connectivity index (χ3v) is 4.45. The highest BCUT2D eigenvalue weighted by Crippen LogP contribution is 2.29. The Morgan fingerprint density at radius 3 is 2.88 bits per heavy atom. The van der Waals surface area contributed by atoms with E-state index in [4.69, 9.17) is 4.52 Å². The van der Waals surface area contributed by atoms with Crippen molar-refractivity contribution in [3.05, 3.63) is 60.0 Å². The Hall–Kier alpha value is -2.96. The predicted octanol–water partition coefficient (Wildman–Crippen LogP) is 2.30. The first-order valence-corrected chi connectivity index (χ1v) is 8.34. The molecule has 1 amide bonds. The van der Waals surface area contributed by atoms with E-state index in [9.17, 15) is 4.79 Å². The van der Waals surface area contributed by atoms with Gasteiger partial charge in [0, 0.05) is 32.6 Å². The molecule has 0 aliphatic carbocycles. The average molecular weight is 337 g/mol. The summed E-state index contributed by atoms with van der Waals surface area (Å²) in [5, 5.41) is 8.25. The van der Waals surface area contributed by atoms with Crippen molar-refractivity contribution in [2.24, 2.45) is 7.05 Å². The zero-order valence-corrected chi connectivity index (χ0v) is 14.0. The number of anilines is 1. The van der Waals surface area contributed by atoms with Gasteiger partial charge in [-0.25, -0.2) is 0 Å². The number of aryl methyl sites for hydroxylation is 1. The van der Waals surface area contributed by atoms with Gasteiger partial charge in [-0.2, -0.15) is 10.1 Å². The molecule has 25 heavy (non-hydrogen) atoms. The lowest BCUT2D eigenvalue weighted by atomic mass is 9.97. The largest absolute Gasteiger partial charge is 0.339 e. The van der Waals surface area contributed by atoms with Crippen molar-refractivity contribution < 1.29 is 9.32 Å². The summed E-state index contributed by atoms with van der Waals surface area (Å²) in [5.74, 6) is 1.43. The van der Waals surface area contributed by atoms with Gasteiger partial charge < -0.3 is 9.42 Å². The molecule has 1 saturated heterocycles. The Labute approximate surface area is 145 Å². The smallest absolute Gasteiger partial charge is 0.231 e. The molecule has 1 aliphatic rings. The second kappa shape index (κ2) is 6.51. The van der Waals surface area contributed by atoms with Gasteiger partial charge in [0.05, 0.1) is 17.8 Å². The maximum atomic E-state index is 12.2. The molecule has 3 aromatic rings. The van der Waals surface area contributed by atoms with Crippen LogP contribution in [0.2, 0.25) is 0 Å². The summed E-state index contributed by atoms with van der Waals surface area (Å²) in [4.78, 5) is 18.6. The van der Waals surface area contributed by atoms with Gasteiger partial charge in [-0.05, 0) is 12.0 Å². The van der Waals surface area contributed by atoms with Gasteiger partial charge in [-0.3, -0.25) is 9.48 Å². The number of carbonyl (C=O) groups is 1. The highest BCUT2D eigenvalue weighted by atomic mass is 16.5. The SMILES string of the molecule is Cn1cc(N2CC(c3nc(Cc4ccccc4)no3)CCC2=O)cn1. The Bertz CT molecular complexity index is 870. The van der Waals surface area contributed by atoms with Crippen molar-refractivity contribution >= 4 is 11.6 Å². The zero-order chi connectivity index (χ0) is 17.2. The van der Waals surface area contributed by atoms with E-state index in [1.54, 1.807) is 15.8 Å². The zero-order valence-electron chi connectivity index (χ0n) is 14.0. The van der Waals surface area contributed by atoms with Gasteiger partial charge in [0.15, 0.2) is 5.82 Å². The molecule has 7 heteroatoms. The lowest BCUT2D eigenvalue weighted by Crippen LogP contribution is -2.39. The van der Waals surface area contributed by atoms with Crippen LogP contribution in [0.1, 0.15) is 36.0 Å². The van der Waals surface area contributed by atoms with Crippen molar-refractivity contribution in [2.75, 3.05) is 11.4 Å². The number of benzene rings is 1. The molecule has 128 valence electrons. The molecule has 0 radical (unpaired) electrons. The van der Waals surface area contributed by atoms with Crippen LogP contribution in [-0.4, -0.2) is 32.4 Å². The summed E-state index contributed by atoms with van der Waals surface area (Å²) in [6, 6.07) is 10.1. The van der Waals surface area contributed by atoms with Gasteiger partial charge in [-0.15, -0.1) is 0 Å². The van der Waals surface area contributed by atoms with E-state index < -0.39 is 0 Å². The number of nitrogens with zero attached hydrogens (tertiary/aromatic N) is 5. The minimum Gasteiger partial charge on any atom is -0.339 e. The Morgan fingerprint density at radius 1 is 1.28 bits per heavy atom. The summed E-state index contributed by atoms with van der Waals surface area (Å²) < 4.78 is 7.17. The van der Waals surface area contributed by atoms with Crippen LogP contribution in [0.4, 0.5) is 5.69 Å². The van der Waals surface area contributed by atoms with Crippen molar-refractivity contribution in [2.45, 2.75) is 25.2 Å². The summed E-state index contributed by atoms with van der Waals surface area (Å²) in [6.45, 7) is 0.539. The summed E-state index contributed by atoms with van der Waals surface area (Å²) in [7, 11) is 1.84. The predicted molar refractivity (Wildman–Crippen MR) is 91.1 cm³/mol. The molecular formula is C18H19N5O2. The highest BCUT2D eigenvalue weighted by molar-refractivity contribution is 5.94. The van der Waals surface area contributed by atoms with Gasteiger partial charge in [0.25, 0.3) is 0 Å². The lowest BCUT2D eigenvalue weighted by molar-refractivity contribution is -0.119. The van der Waals surface area contributed by atoms with E-state index in [2.05, 4.69) is 15.2 Å². The number of carbonyl (C=O) groups excluding carboxylic acids is 1. The van der Waals surface area contributed by atoms with Crippen LogP contribution >= 0.6 is 0 Å². The van der Waals surface area contributed by atoms with E-state index in [1.807, 2.05) is 43.6 Å². The molecule has 0 bridgehead atoms. The summed E-state index contributed by atoms with van der Waals surface area (Å²) >= 11 is 0. The lowest BCUT2D eigenvalue weighted by Gasteiger charge is -2.29. The molecule has 1 atom stereocenters. The fourth-order valence-electron chi connectivity index (χ4n) is 3.13. The van der Waals surface area contributed by atoms with Gasteiger partial charge in [-0.1, -0.05) is 35.5 Å². The van der Waals surface area contributed by atoms with E-state index in [-0.39, 0.29) is 11.8 Å². The second-order valence-corrected chi connectivity index (χ2v) is 6.32. The normalized spacial score (nSPS) is 17.9. The molecule has 1 fully saturated rings. The van der Waals surface area contributed by atoms with Crippen LogP contribution in [0, 0.1) is 0 Å². The molecule has 0 saturated carbocycles. The van der Waals surface area contributed by atoms with Crippen molar-refractivity contribution in [3.8, 4) is 0 Å². The number of rotatable bonds is 4. The van der Waals surface area contributed by atoms with Crippen LogP contribution in [-0.2, 0) is 18.3 Å². The van der Waals surface area contributed by atoms with Crippen LogP contribution < -0.4 is 4.90 Å². The van der Waals surface area contributed by atoms with Crippen molar-refractivity contribution in [1.82, 2.24) is 19.9 Å². The fraction of sp³-hybridized carbons (Fsp3) is 0.333. The van der Waals surface area contributed by atoms with E-state index in [0.29, 0.717) is 31.1 Å². The minimum atomic E-state index is 0.0509. The van der Waals surface area contributed by atoms with Crippen LogP contribution in [0.15, 0.2) is 47.2 Å². The van der Waals surface area contributed by atoms with Crippen LogP contribution in [0.25, 0.3) is 0 Å². The Kier molecular flexibility index (Phi) is 4.05. The highest BCUT2D eigenvalue weighted by Gasteiger charge is 2.31. The molecular weight excluding hydrogens is 318 g/mol. The maximum Gasteiger partial charge on any atom is 0.231 e. The first-order valence-electron chi connectivity index (χ1n) is 8.34. The topological polar surface area (TPSA) is 77.0 Å².